The molecule has 3 rings (SSSR count). The van der Waals surface area contributed by atoms with Crippen LogP contribution in [-0.2, 0) is 0 Å². The molecule has 1 amide bonds. The molecule has 0 aliphatic rings. The standard InChI is InChI=1S/C17H11ClFN3O2/c18-11-3-6-15(13(19)9-11)24-12-4-1-10(2-5-12)14-7-8-21-17(22-14)16(20)23/h1-9H,(H2,20,23). The van der Waals surface area contributed by atoms with Crippen LogP contribution in [0.4, 0.5) is 4.39 Å². The van der Waals surface area contributed by atoms with Crippen LogP contribution in [0.3, 0.4) is 0 Å². The summed E-state index contributed by atoms with van der Waals surface area (Å²) in [6.07, 6.45) is 1.45. The number of nitrogens with two attached hydrogens (primary N) is 1. The monoisotopic (exact) mass is 343 g/mol. The molecule has 0 fully saturated rings. The largest absolute Gasteiger partial charge is 0.454 e. The van der Waals surface area contributed by atoms with Gasteiger partial charge in [-0.05, 0) is 48.5 Å². The molecule has 0 aliphatic carbocycles. The van der Waals surface area contributed by atoms with Crippen molar-refractivity contribution in [2.45, 2.75) is 0 Å². The van der Waals surface area contributed by atoms with Crippen LogP contribution in [0, 0.1) is 5.82 Å². The Morgan fingerprint density at radius 2 is 1.88 bits per heavy atom. The van der Waals surface area contributed by atoms with Gasteiger partial charge in [0.1, 0.15) is 5.75 Å². The number of primary amides is 1. The zero-order valence-electron chi connectivity index (χ0n) is 12.2. The Hall–Kier alpha value is -2.99. The second kappa shape index (κ2) is 6.64. The first-order chi connectivity index (χ1) is 11.5. The third-order valence-corrected chi connectivity index (χ3v) is 3.38. The summed E-state index contributed by atoms with van der Waals surface area (Å²) in [5.74, 6) is -0.783. The molecule has 0 spiro atoms. The summed E-state index contributed by atoms with van der Waals surface area (Å²) in [5.41, 5.74) is 6.45. The second-order valence-corrected chi connectivity index (χ2v) is 5.27. The number of rotatable bonds is 4. The Morgan fingerprint density at radius 1 is 1.12 bits per heavy atom. The van der Waals surface area contributed by atoms with Gasteiger partial charge in [-0.15, -0.1) is 0 Å². The molecule has 0 unspecified atom stereocenters. The van der Waals surface area contributed by atoms with Crippen LogP contribution in [0.15, 0.2) is 54.7 Å². The van der Waals surface area contributed by atoms with Crippen LogP contribution in [0.1, 0.15) is 10.6 Å². The molecule has 7 heteroatoms. The van der Waals surface area contributed by atoms with Gasteiger partial charge in [0.15, 0.2) is 11.6 Å². The highest BCUT2D eigenvalue weighted by atomic mass is 35.5. The van der Waals surface area contributed by atoms with E-state index in [1.54, 1.807) is 36.4 Å². The van der Waals surface area contributed by atoms with Crippen molar-refractivity contribution in [3.05, 3.63) is 71.4 Å². The molecular formula is C17H11ClFN3O2. The fourth-order valence-corrected chi connectivity index (χ4v) is 2.18. The molecule has 24 heavy (non-hydrogen) atoms. The fourth-order valence-electron chi connectivity index (χ4n) is 2.02. The number of carbonyl (C=O) groups is 1. The third-order valence-electron chi connectivity index (χ3n) is 3.15. The van der Waals surface area contributed by atoms with Crippen molar-refractivity contribution in [2.75, 3.05) is 0 Å². The Balaban J connectivity index is 1.83. The minimum absolute atomic E-state index is 0.0592. The number of nitrogens with zero attached hydrogens (tertiary/aromatic N) is 2. The smallest absolute Gasteiger partial charge is 0.286 e. The van der Waals surface area contributed by atoms with E-state index in [9.17, 15) is 9.18 Å². The number of halogens is 2. The Morgan fingerprint density at radius 3 is 2.54 bits per heavy atom. The summed E-state index contributed by atoms with van der Waals surface area (Å²) in [4.78, 5) is 19.0. The maximum Gasteiger partial charge on any atom is 0.286 e. The highest BCUT2D eigenvalue weighted by molar-refractivity contribution is 6.30. The summed E-state index contributed by atoms with van der Waals surface area (Å²) in [6.45, 7) is 0. The van der Waals surface area contributed by atoms with E-state index in [1.807, 2.05) is 0 Å². The van der Waals surface area contributed by atoms with Crippen molar-refractivity contribution in [3.63, 3.8) is 0 Å². The Kier molecular flexibility index (Phi) is 4.39. The molecule has 1 aromatic heterocycles. The summed E-state index contributed by atoms with van der Waals surface area (Å²) in [7, 11) is 0. The molecule has 5 nitrogen and oxygen atoms in total. The molecule has 0 radical (unpaired) electrons. The van der Waals surface area contributed by atoms with Crippen molar-refractivity contribution >= 4 is 17.5 Å². The van der Waals surface area contributed by atoms with Gasteiger partial charge in [-0.25, -0.2) is 14.4 Å². The quantitative estimate of drug-likeness (QED) is 0.781. The van der Waals surface area contributed by atoms with E-state index in [1.165, 1.54) is 18.3 Å². The zero-order chi connectivity index (χ0) is 17.1. The van der Waals surface area contributed by atoms with Crippen molar-refractivity contribution in [2.24, 2.45) is 5.73 Å². The lowest BCUT2D eigenvalue weighted by Crippen LogP contribution is -2.15. The molecule has 120 valence electrons. The minimum Gasteiger partial charge on any atom is -0.454 e. The van der Waals surface area contributed by atoms with Crippen molar-refractivity contribution in [1.82, 2.24) is 9.97 Å². The zero-order valence-corrected chi connectivity index (χ0v) is 13.0. The lowest BCUT2D eigenvalue weighted by atomic mass is 10.1. The van der Waals surface area contributed by atoms with E-state index in [4.69, 9.17) is 22.1 Å². The first kappa shape index (κ1) is 15.9. The van der Waals surface area contributed by atoms with Crippen LogP contribution in [0.2, 0.25) is 5.02 Å². The number of ether oxygens (including phenoxy) is 1. The normalized spacial score (nSPS) is 10.4. The first-order valence-corrected chi connectivity index (χ1v) is 7.27. The van der Waals surface area contributed by atoms with Gasteiger partial charge in [0.2, 0.25) is 5.82 Å². The van der Waals surface area contributed by atoms with E-state index < -0.39 is 11.7 Å². The van der Waals surface area contributed by atoms with E-state index in [0.717, 1.165) is 5.56 Å². The van der Waals surface area contributed by atoms with Gasteiger partial charge in [-0.1, -0.05) is 11.6 Å². The summed E-state index contributed by atoms with van der Waals surface area (Å²) < 4.78 is 19.2. The molecule has 2 aromatic carbocycles. The molecular weight excluding hydrogens is 333 g/mol. The molecule has 0 bridgehead atoms. The number of hydrogen-bond donors (Lipinski definition) is 1. The highest BCUT2D eigenvalue weighted by Gasteiger charge is 2.08. The van der Waals surface area contributed by atoms with Gasteiger partial charge in [0.05, 0.1) is 5.69 Å². The SMILES string of the molecule is NC(=O)c1nccc(-c2ccc(Oc3ccc(Cl)cc3F)cc2)n1. The number of aromatic nitrogens is 2. The van der Waals surface area contributed by atoms with E-state index in [-0.39, 0.29) is 11.6 Å². The van der Waals surface area contributed by atoms with Gasteiger partial charge in [0, 0.05) is 16.8 Å². The average molecular weight is 344 g/mol. The average Bonchev–Trinajstić information content (AvgIpc) is 2.58. The topological polar surface area (TPSA) is 78.1 Å². The Bertz CT molecular complexity index is 901. The molecule has 1 heterocycles. The molecule has 3 aromatic rings. The van der Waals surface area contributed by atoms with Gasteiger partial charge < -0.3 is 10.5 Å². The summed E-state index contributed by atoms with van der Waals surface area (Å²) >= 11 is 5.70. The minimum atomic E-state index is -0.699. The lowest BCUT2D eigenvalue weighted by Gasteiger charge is -2.08. The van der Waals surface area contributed by atoms with E-state index >= 15 is 0 Å². The summed E-state index contributed by atoms with van der Waals surface area (Å²) in [5, 5.41) is 0.296. The number of hydrogen-bond acceptors (Lipinski definition) is 4. The lowest BCUT2D eigenvalue weighted by molar-refractivity contribution is 0.0990. The third kappa shape index (κ3) is 3.49. The predicted octanol–water partition coefficient (Wildman–Crippen LogP) is 3.83. The van der Waals surface area contributed by atoms with Gasteiger partial charge in [-0.3, -0.25) is 4.79 Å². The van der Waals surface area contributed by atoms with Crippen LogP contribution in [0.25, 0.3) is 11.3 Å². The number of amides is 1. The van der Waals surface area contributed by atoms with Crippen LogP contribution in [0.5, 0.6) is 11.5 Å². The Labute approximate surface area is 141 Å². The first-order valence-electron chi connectivity index (χ1n) is 6.89. The van der Waals surface area contributed by atoms with Crippen LogP contribution >= 0.6 is 11.6 Å². The maximum absolute atomic E-state index is 13.7. The molecule has 0 atom stereocenters. The molecule has 0 saturated carbocycles. The van der Waals surface area contributed by atoms with E-state index in [2.05, 4.69) is 9.97 Å². The fraction of sp³-hybridized carbons (Fsp3) is 0. The maximum atomic E-state index is 13.7. The van der Waals surface area contributed by atoms with E-state index in [0.29, 0.717) is 16.5 Å². The highest BCUT2D eigenvalue weighted by Crippen LogP contribution is 2.28. The second-order valence-electron chi connectivity index (χ2n) is 4.83. The van der Waals surface area contributed by atoms with Crippen LogP contribution in [-0.4, -0.2) is 15.9 Å². The van der Waals surface area contributed by atoms with Crippen molar-refractivity contribution in [3.8, 4) is 22.8 Å². The summed E-state index contributed by atoms with van der Waals surface area (Å²) in [6, 6.07) is 12.6. The number of carbonyl (C=O) groups excluding carboxylic acids is 1. The molecule has 2 N–H and O–H groups in total. The van der Waals surface area contributed by atoms with Crippen molar-refractivity contribution in [1.29, 1.82) is 0 Å². The van der Waals surface area contributed by atoms with Crippen LogP contribution < -0.4 is 10.5 Å². The predicted molar refractivity (Wildman–Crippen MR) is 87.5 cm³/mol. The van der Waals surface area contributed by atoms with Gasteiger partial charge in [0.25, 0.3) is 5.91 Å². The molecule has 0 saturated heterocycles. The van der Waals surface area contributed by atoms with Gasteiger partial charge >= 0.3 is 0 Å². The van der Waals surface area contributed by atoms with Gasteiger partial charge in [-0.2, -0.15) is 0 Å². The number of benzene rings is 2. The molecule has 0 aliphatic heterocycles. The van der Waals surface area contributed by atoms with Crippen molar-refractivity contribution < 1.29 is 13.9 Å².